The van der Waals surface area contributed by atoms with Gasteiger partial charge in [0, 0.05) is 54.5 Å². The van der Waals surface area contributed by atoms with E-state index in [2.05, 4.69) is 38.4 Å². The van der Waals surface area contributed by atoms with Crippen LogP contribution in [0.15, 0.2) is 18.3 Å². The van der Waals surface area contributed by atoms with Crippen LogP contribution in [0.3, 0.4) is 0 Å². The minimum atomic E-state index is -2.97. The largest absolute Gasteiger partial charge is 0.431 e. The molecule has 4 rings (SSSR count). The van der Waals surface area contributed by atoms with Gasteiger partial charge in [-0.25, -0.2) is 9.97 Å². The number of nitrogen functional groups attached to an aromatic ring is 1. The van der Waals surface area contributed by atoms with Gasteiger partial charge in [-0.2, -0.15) is 25.5 Å². The molecular formula is C19H24F2N6OS. The SMILES string of the molecule is C[C@H]1CN(c2cc(-c3cnc(N)c(OC(F)F)c3)nc(N3CCC3)n2)[C@@H](C)CS1. The predicted octanol–water partition coefficient (Wildman–Crippen LogP) is 3.26. The van der Waals surface area contributed by atoms with E-state index in [1.165, 1.54) is 12.3 Å². The summed E-state index contributed by atoms with van der Waals surface area (Å²) in [5, 5.41) is 0.501. The molecule has 0 saturated carbocycles. The molecule has 2 saturated heterocycles. The Morgan fingerprint density at radius 1 is 1.24 bits per heavy atom. The second-order valence-corrected chi connectivity index (χ2v) is 8.85. The van der Waals surface area contributed by atoms with Crippen LogP contribution >= 0.6 is 11.8 Å². The zero-order valence-corrected chi connectivity index (χ0v) is 17.2. The zero-order valence-electron chi connectivity index (χ0n) is 16.4. The van der Waals surface area contributed by atoms with Crippen LogP contribution in [0, 0.1) is 0 Å². The molecule has 0 spiro atoms. The third-order valence-corrected chi connectivity index (χ3v) is 6.53. The molecule has 0 unspecified atom stereocenters. The van der Waals surface area contributed by atoms with Crippen molar-refractivity contribution in [2.75, 3.05) is 40.9 Å². The monoisotopic (exact) mass is 422 g/mol. The Balaban J connectivity index is 1.75. The molecule has 2 aromatic rings. The molecule has 0 aromatic carbocycles. The Kier molecular flexibility index (Phi) is 5.62. The van der Waals surface area contributed by atoms with E-state index in [-0.39, 0.29) is 11.6 Å². The van der Waals surface area contributed by atoms with Gasteiger partial charge in [0.15, 0.2) is 11.6 Å². The van der Waals surface area contributed by atoms with Gasteiger partial charge in [0.1, 0.15) is 5.82 Å². The first kappa shape index (κ1) is 19.9. The molecule has 4 heterocycles. The van der Waals surface area contributed by atoms with Crippen molar-refractivity contribution in [2.24, 2.45) is 0 Å². The van der Waals surface area contributed by atoms with Crippen LogP contribution in [0.25, 0.3) is 11.3 Å². The smallest absolute Gasteiger partial charge is 0.387 e. The van der Waals surface area contributed by atoms with Crippen molar-refractivity contribution in [2.45, 2.75) is 38.2 Å². The molecule has 0 aliphatic carbocycles. The summed E-state index contributed by atoms with van der Waals surface area (Å²) in [5.74, 6) is 2.27. The summed E-state index contributed by atoms with van der Waals surface area (Å²) in [6.45, 7) is 4.12. The fourth-order valence-corrected chi connectivity index (χ4v) is 4.44. The molecule has 29 heavy (non-hydrogen) atoms. The second-order valence-electron chi connectivity index (χ2n) is 7.38. The first-order valence-corrected chi connectivity index (χ1v) is 10.7. The lowest BCUT2D eigenvalue weighted by atomic mass is 10.1. The number of hydrogen-bond acceptors (Lipinski definition) is 8. The Morgan fingerprint density at radius 3 is 2.72 bits per heavy atom. The van der Waals surface area contributed by atoms with E-state index in [0.717, 1.165) is 37.6 Å². The molecule has 2 fully saturated rings. The predicted molar refractivity (Wildman–Crippen MR) is 112 cm³/mol. The van der Waals surface area contributed by atoms with Crippen molar-refractivity contribution in [3.63, 3.8) is 0 Å². The van der Waals surface area contributed by atoms with Gasteiger partial charge in [0.05, 0.1) is 5.69 Å². The summed E-state index contributed by atoms with van der Waals surface area (Å²) < 4.78 is 29.9. The number of hydrogen-bond donors (Lipinski definition) is 1. The van der Waals surface area contributed by atoms with Crippen LogP contribution in [0.4, 0.5) is 26.4 Å². The molecule has 156 valence electrons. The van der Waals surface area contributed by atoms with Gasteiger partial charge in [-0.05, 0) is 19.4 Å². The lowest BCUT2D eigenvalue weighted by Gasteiger charge is -2.38. The average molecular weight is 423 g/mol. The molecule has 2 aliphatic heterocycles. The molecule has 7 nitrogen and oxygen atoms in total. The fraction of sp³-hybridized carbons (Fsp3) is 0.526. The van der Waals surface area contributed by atoms with Crippen LogP contribution in [-0.4, -0.2) is 58.2 Å². The van der Waals surface area contributed by atoms with Crippen molar-refractivity contribution >= 4 is 29.3 Å². The van der Waals surface area contributed by atoms with Crippen molar-refractivity contribution < 1.29 is 13.5 Å². The number of nitrogens with zero attached hydrogens (tertiary/aromatic N) is 5. The zero-order chi connectivity index (χ0) is 20.5. The van der Waals surface area contributed by atoms with Gasteiger partial charge in [-0.1, -0.05) is 6.92 Å². The number of pyridine rings is 1. The van der Waals surface area contributed by atoms with E-state index in [0.29, 0.717) is 28.5 Å². The maximum Gasteiger partial charge on any atom is 0.387 e. The highest BCUT2D eigenvalue weighted by molar-refractivity contribution is 8.00. The molecular weight excluding hydrogens is 398 g/mol. The number of anilines is 3. The Morgan fingerprint density at radius 2 is 2.03 bits per heavy atom. The maximum absolute atomic E-state index is 12.7. The molecule has 10 heteroatoms. The highest BCUT2D eigenvalue weighted by Gasteiger charge is 2.27. The Hall–Kier alpha value is -2.36. The third-order valence-electron chi connectivity index (χ3n) is 5.14. The molecule has 2 aromatic heterocycles. The summed E-state index contributed by atoms with van der Waals surface area (Å²) in [4.78, 5) is 17.9. The van der Waals surface area contributed by atoms with Gasteiger partial charge in [0.2, 0.25) is 5.95 Å². The molecule has 0 radical (unpaired) electrons. The van der Waals surface area contributed by atoms with Crippen LogP contribution < -0.4 is 20.3 Å². The van der Waals surface area contributed by atoms with Gasteiger partial charge in [-0.3, -0.25) is 0 Å². The lowest BCUT2D eigenvalue weighted by molar-refractivity contribution is -0.0494. The highest BCUT2D eigenvalue weighted by atomic mass is 32.2. The van der Waals surface area contributed by atoms with Crippen molar-refractivity contribution in [3.05, 3.63) is 18.3 Å². The van der Waals surface area contributed by atoms with Gasteiger partial charge < -0.3 is 20.3 Å². The third kappa shape index (κ3) is 4.31. The van der Waals surface area contributed by atoms with Crippen molar-refractivity contribution in [1.82, 2.24) is 15.0 Å². The van der Waals surface area contributed by atoms with E-state index in [9.17, 15) is 8.78 Å². The van der Waals surface area contributed by atoms with Crippen LogP contribution in [-0.2, 0) is 0 Å². The number of alkyl halides is 2. The number of halogens is 2. The fourth-order valence-electron chi connectivity index (χ4n) is 3.38. The Bertz CT molecular complexity index is 882. The van der Waals surface area contributed by atoms with E-state index in [1.54, 1.807) is 0 Å². The Labute approximate surface area is 172 Å². The first-order chi connectivity index (χ1) is 13.9. The molecule has 2 N–H and O–H groups in total. The molecule has 0 bridgehead atoms. The minimum absolute atomic E-state index is 0.0817. The molecule has 0 amide bonds. The van der Waals surface area contributed by atoms with E-state index >= 15 is 0 Å². The number of rotatable bonds is 5. The summed E-state index contributed by atoms with van der Waals surface area (Å²) in [6.07, 6.45) is 2.63. The normalized spacial score (nSPS) is 22.0. The standard InChI is InChI=1S/C19H24F2N6OS/c1-11-10-29-12(2)9-27(11)16-7-14(24-19(25-16)26-4-3-5-26)13-6-15(28-18(20)21)17(22)23-8-13/h6-8,11-12,18H,3-5,9-10H2,1-2H3,(H2,22,23)/t11-,12-/m0/s1. The molecule has 2 atom stereocenters. The van der Waals surface area contributed by atoms with E-state index in [1.807, 2.05) is 17.8 Å². The summed E-state index contributed by atoms with van der Waals surface area (Å²) >= 11 is 1.95. The minimum Gasteiger partial charge on any atom is -0.431 e. The van der Waals surface area contributed by atoms with Crippen LogP contribution in [0.5, 0.6) is 5.75 Å². The van der Waals surface area contributed by atoms with Crippen molar-refractivity contribution in [3.8, 4) is 17.0 Å². The number of nitrogens with two attached hydrogens (primary N) is 1. The van der Waals surface area contributed by atoms with E-state index in [4.69, 9.17) is 10.7 Å². The van der Waals surface area contributed by atoms with E-state index < -0.39 is 6.61 Å². The topological polar surface area (TPSA) is 80.4 Å². The number of aromatic nitrogens is 3. The van der Waals surface area contributed by atoms with Crippen LogP contribution in [0.1, 0.15) is 20.3 Å². The van der Waals surface area contributed by atoms with Crippen LogP contribution in [0.2, 0.25) is 0 Å². The number of thioether (sulfide) groups is 1. The van der Waals surface area contributed by atoms with Gasteiger partial charge in [0.25, 0.3) is 0 Å². The quantitative estimate of drug-likeness (QED) is 0.787. The highest BCUT2D eigenvalue weighted by Crippen LogP contribution is 2.33. The lowest BCUT2D eigenvalue weighted by Crippen LogP contribution is -2.44. The molecule has 2 aliphatic rings. The first-order valence-electron chi connectivity index (χ1n) is 9.63. The van der Waals surface area contributed by atoms with Gasteiger partial charge in [-0.15, -0.1) is 0 Å². The number of ether oxygens (including phenoxy) is 1. The maximum atomic E-state index is 12.7. The second kappa shape index (κ2) is 8.17. The summed E-state index contributed by atoms with van der Waals surface area (Å²) in [5.41, 5.74) is 6.86. The summed E-state index contributed by atoms with van der Waals surface area (Å²) in [6, 6.07) is 3.69. The summed E-state index contributed by atoms with van der Waals surface area (Å²) in [7, 11) is 0. The van der Waals surface area contributed by atoms with Crippen molar-refractivity contribution in [1.29, 1.82) is 0 Å². The average Bonchev–Trinajstić information content (AvgIpc) is 2.63. The van der Waals surface area contributed by atoms with Gasteiger partial charge >= 0.3 is 6.61 Å².